The largest absolute Gasteiger partial charge is 0.493 e. The number of carbonyl (C=O) groups is 1. The molecule has 7 nitrogen and oxygen atoms in total. The molecule has 0 aliphatic heterocycles. The molecule has 0 fully saturated rings. The quantitative estimate of drug-likeness (QED) is 0.428. The van der Waals surface area contributed by atoms with Crippen LogP contribution in [0.5, 0.6) is 28.7 Å². The number of ether oxygens (including phenoxy) is 5. The molecule has 0 radical (unpaired) electrons. The van der Waals surface area contributed by atoms with Gasteiger partial charge in [-0.05, 0) is 23.8 Å². The molecule has 0 N–H and O–H groups in total. The van der Waals surface area contributed by atoms with Gasteiger partial charge in [0.15, 0.2) is 23.0 Å². The molecule has 0 bridgehead atoms. The Morgan fingerprint density at radius 1 is 0.846 bits per heavy atom. The van der Waals surface area contributed by atoms with Crippen molar-refractivity contribution in [1.82, 2.24) is 0 Å². The van der Waals surface area contributed by atoms with Crippen molar-refractivity contribution in [3.63, 3.8) is 0 Å². The highest BCUT2D eigenvalue weighted by Crippen LogP contribution is 2.40. The zero-order valence-electron chi connectivity index (χ0n) is 15.4. The second-order valence-electron chi connectivity index (χ2n) is 5.15. The highest BCUT2D eigenvalue weighted by atomic mass is 16.6. The molecule has 0 aromatic heterocycles. The van der Waals surface area contributed by atoms with Crippen LogP contribution in [-0.4, -0.2) is 40.6 Å². The maximum absolute atomic E-state index is 11.2. The van der Waals surface area contributed by atoms with Crippen LogP contribution < -0.4 is 23.7 Å². The zero-order chi connectivity index (χ0) is 19.1. The van der Waals surface area contributed by atoms with Gasteiger partial charge in [0.1, 0.15) is 0 Å². The van der Waals surface area contributed by atoms with E-state index in [2.05, 4.69) is 4.99 Å². The van der Waals surface area contributed by atoms with Crippen LogP contribution in [0.4, 0.5) is 5.69 Å². The van der Waals surface area contributed by atoms with E-state index in [0.29, 0.717) is 34.4 Å². The van der Waals surface area contributed by atoms with Crippen LogP contribution in [0.1, 0.15) is 12.5 Å². The maximum atomic E-state index is 11.2. The highest BCUT2D eigenvalue weighted by molar-refractivity contribution is 5.84. The lowest BCUT2D eigenvalue weighted by molar-refractivity contribution is -0.132. The normalized spacial score (nSPS) is 10.5. The third-order valence-electron chi connectivity index (χ3n) is 3.45. The molecule has 2 rings (SSSR count). The number of methoxy groups -OCH3 is 4. The Morgan fingerprint density at radius 2 is 1.46 bits per heavy atom. The van der Waals surface area contributed by atoms with Crippen molar-refractivity contribution in [2.24, 2.45) is 4.99 Å². The van der Waals surface area contributed by atoms with Gasteiger partial charge in [-0.25, -0.2) is 0 Å². The van der Waals surface area contributed by atoms with E-state index in [1.807, 2.05) is 0 Å². The van der Waals surface area contributed by atoms with Crippen molar-refractivity contribution in [2.45, 2.75) is 6.92 Å². The molecule has 0 unspecified atom stereocenters. The summed E-state index contributed by atoms with van der Waals surface area (Å²) in [6.07, 6.45) is 1.63. The minimum atomic E-state index is -0.429. The van der Waals surface area contributed by atoms with Gasteiger partial charge in [0.2, 0.25) is 5.75 Å². The molecule has 0 saturated heterocycles. The average molecular weight is 359 g/mol. The second-order valence-corrected chi connectivity index (χ2v) is 5.15. The van der Waals surface area contributed by atoms with Gasteiger partial charge in [0.05, 0.1) is 34.1 Å². The SMILES string of the molecule is COc1ccc(C=Nc2cc(OC)c(OC)c(OC)c2)cc1OC(C)=O. The van der Waals surface area contributed by atoms with Crippen LogP contribution in [0.15, 0.2) is 35.3 Å². The summed E-state index contributed by atoms with van der Waals surface area (Å²) in [6.45, 7) is 1.33. The van der Waals surface area contributed by atoms with Crippen molar-refractivity contribution in [1.29, 1.82) is 0 Å². The molecule has 26 heavy (non-hydrogen) atoms. The average Bonchev–Trinajstić information content (AvgIpc) is 2.65. The molecule has 0 atom stereocenters. The first-order chi connectivity index (χ1) is 12.5. The molecule has 7 heteroatoms. The second kappa shape index (κ2) is 8.75. The van der Waals surface area contributed by atoms with Crippen LogP contribution in [0.3, 0.4) is 0 Å². The lowest BCUT2D eigenvalue weighted by atomic mass is 10.2. The monoisotopic (exact) mass is 359 g/mol. The van der Waals surface area contributed by atoms with E-state index >= 15 is 0 Å². The molecule has 2 aromatic carbocycles. The fourth-order valence-corrected chi connectivity index (χ4v) is 2.30. The Kier molecular flexibility index (Phi) is 6.43. The molecular weight excluding hydrogens is 338 g/mol. The Morgan fingerprint density at radius 3 is 1.96 bits per heavy atom. The van der Waals surface area contributed by atoms with Gasteiger partial charge in [0.25, 0.3) is 0 Å². The van der Waals surface area contributed by atoms with Gasteiger partial charge in [-0.3, -0.25) is 9.79 Å². The van der Waals surface area contributed by atoms with Crippen LogP contribution in [0.25, 0.3) is 0 Å². The van der Waals surface area contributed by atoms with E-state index in [-0.39, 0.29) is 0 Å². The summed E-state index contributed by atoms with van der Waals surface area (Å²) < 4.78 is 26.2. The van der Waals surface area contributed by atoms with Gasteiger partial charge >= 0.3 is 5.97 Å². The van der Waals surface area contributed by atoms with Crippen LogP contribution >= 0.6 is 0 Å². The number of esters is 1. The molecular formula is C19H21NO6. The molecule has 0 aliphatic carbocycles. The Bertz CT molecular complexity index is 791. The molecule has 0 heterocycles. The van der Waals surface area contributed by atoms with Gasteiger partial charge < -0.3 is 23.7 Å². The summed E-state index contributed by atoms with van der Waals surface area (Å²) in [5.74, 6) is 1.88. The summed E-state index contributed by atoms with van der Waals surface area (Å²) >= 11 is 0. The standard InChI is InChI=1S/C19H21NO6/c1-12(21)26-16-8-13(6-7-15(16)22-2)11-20-14-9-17(23-3)19(25-5)18(10-14)24-4/h6-11H,1-5H3. The predicted octanol–water partition coefficient (Wildman–Crippen LogP) is 3.40. The number of nitrogens with zero attached hydrogens (tertiary/aromatic N) is 1. The third kappa shape index (κ3) is 4.44. The van der Waals surface area contributed by atoms with Crippen molar-refractivity contribution >= 4 is 17.9 Å². The number of hydrogen-bond acceptors (Lipinski definition) is 7. The van der Waals surface area contributed by atoms with Crippen LogP contribution in [-0.2, 0) is 4.79 Å². The smallest absolute Gasteiger partial charge is 0.308 e. The molecule has 138 valence electrons. The van der Waals surface area contributed by atoms with Crippen LogP contribution in [0, 0.1) is 0 Å². The number of benzene rings is 2. The third-order valence-corrected chi connectivity index (χ3v) is 3.45. The number of aliphatic imine (C=N–C) groups is 1. The topological polar surface area (TPSA) is 75.6 Å². The summed E-state index contributed by atoms with van der Waals surface area (Å²) in [5.41, 5.74) is 1.35. The van der Waals surface area contributed by atoms with Gasteiger partial charge in [0, 0.05) is 25.3 Å². The van der Waals surface area contributed by atoms with E-state index in [9.17, 15) is 4.79 Å². The van der Waals surface area contributed by atoms with Crippen molar-refractivity contribution in [3.05, 3.63) is 35.9 Å². The minimum Gasteiger partial charge on any atom is -0.493 e. The van der Waals surface area contributed by atoms with E-state index in [1.165, 1.54) is 21.1 Å². The lowest BCUT2D eigenvalue weighted by Gasteiger charge is -2.12. The van der Waals surface area contributed by atoms with Gasteiger partial charge in [-0.2, -0.15) is 0 Å². The van der Waals surface area contributed by atoms with Crippen molar-refractivity contribution in [3.8, 4) is 28.7 Å². The minimum absolute atomic E-state index is 0.328. The van der Waals surface area contributed by atoms with Gasteiger partial charge in [-0.15, -0.1) is 0 Å². The predicted molar refractivity (Wildman–Crippen MR) is 97.7 cm³/mol. The van der Waals surface area contributed by atoms with Gasteiger partial charge in [-0.1, -0.05) is 0 Å². The Labute approximate surface area is 152 Å². The summed E-state index contributed by atoms with van der Waals surface area (Å²) in [5, 5.41) is 0. The molecule has 0 saturated carbocycles. The fourth-order valence-electron chi connectivity index (χ4n) is 2.30. The highest BCUT2D eigenvalue weighted by Gasteiger charge is 2.13. The lowest BCUT2D eigenvalue weighted by Crippen LogP contribution is -2.03. The van der Waals surface area contributed by atoms with E-state index in [1.54, 1.807) is 50.8 Å². The zero-order valence-corrected chi connectivity index (χ0v) is 15.4. The van der Waals surface area contributed by atoms with Crippen LogP contribution in [0.2, 0.25) is 0 Å². The molecule has 0 aliphatic rings. The molecule has 0 amide bonds. The summed E-state index contributed by atoms with van der Waals surface area (Å²) in [6, 6.07) is 8.63. The van der Waals surface area contributed by atoms with E-state index < -0.39 is 5.97 Å². The van der Waals surface area contributed by atoms with Crippen molar-refractivity contribution in [2.75, 3.05) is 28.4 Å². The fraction of sp³-hybridized carbons (Fsp3) is 0.263. The van der Waals surface area contributed by atoms with E-state index in [0.717, 1.165) is 5.56 Å². The number of hydrogen-bond donors (Lipinski definition) is 0. The summed E-state index contributed by atoms with van der Waals surface area (Å²) in [4.78, 5) is 15.6. The molecule has 0 spiro atoms. The first-order valence-electron chi connectivity index (χ1n) is 7.73. The maximum Gasteiger partial charge on any atom is 0.308 e. The number of carbonyl (C=O) groups excluding carboxylic acids is 1. The Balaban J connectivity index is 2.36. The first kappa shape index (κ1) is 19.1. The molecule has 2 aromatic rings. The number of rotatable bonds is 7. The first-order valence-corrected chi connectivity index (χ1v) is 7.73. The Hall–Kier alpha value is -3.22. The van der Waals surface area contributed by atoms with E-state index in [4.69, 9.17) is 23.7 Å². The van der Waals surface area contributed by atoms with Crippen molar-refractivity contribution < 1.29 is 28.5 Å². The summed E-state index contributed by atoms with van der Waals surface area (Å²) in [7, 11) is 6.13.